The highest BCUT2D eigenvalue weighted by Gasteiger charge is 2.31. The molecule has 0 bridgehead atoms. The standard InChI is InChI=1S/C23H18NOP/c25-26(20-13-6-2-7-14-20,21-15-8-3-9-16-21)23-18-10-17-22(24-23)19-11-4-1-5-12-19/h1-18H. The summed E-state index contributed by atoms with van der Waals surface area (Å²) in [5, 5.41) is 1.59. The van der Waals surface area contributed by atoms with Gasteiger partial charge < -0.3 is 4.57 Å². The van der Waals surface area contributed by atoms with Gasteiger partial charge in [-0.1, -0.05) is 97.1 Å². The van der Waals surface area contributed by atoms with E-state index in [4.69, 9.17) is 4.98 Å². The van der Waals surface area contributed by atoms with E-state index in [9.17, 15) is 4.57 Å². The summed E-state index contributed by atoms with van der Waals surface area (Å²) >= 11 is 0. The molecule has 1 heterocycles. The van der Waals surface area contributed by atoms with Crippen molar-refractivity contribution in [1.29, 1.82) is 0 Å². The lowest BCUT2D eigenvalue weighted by Crippen LogP contribution is -2.27. The molecule has 0 spiro atoms. The van der Waals surface area contributed by atoms with Crippen LogP contribution in [0.1, 0.15) is 0 Å². The van der Waals surface area contributed by atoms with Crippen LogP contribution in [-0.2, 0) is 4.57 Å². The fourth-order valence-electron chi connectivity index (χ4n) is 3.06. The normalized spacial score (nSPS) is 11.2. The fourth-order valence-corrected chi connectivity index (χ4v) is 5.61. The second kappa shape index (κ2) is 7.11. The monoisotopic (exact) mass is 355 g/mol. The van der Waals surface area contributed by atoms with Crippen molar-refractivity contribution < 1.29 is 4.57 Å². The van der Waals surface area contributed by atoms with E-state index in [0.717, 1.165) is 21.9 Å². The van der Waals surface area contributed by atoms with Gasteiger partial charge in [0.25, 0.3) is 0 Å². The maximum absolute atomic E-state index is 14.3. The molecule has 3 aromatic carbocycles. The summed E-state index contributed by atoms with van der Waals surface area (Å²) < 4.78 is 14.3. The Morgan fingerprint density at radius 3 is 1.58 bits per heavy atom. The van der Waals surface area contributed by atoms with E-state index in [1.807, 2.05) is 109 Å². The van der Waals surface area contributed by atoms with Crippen LogP contribution in [0.5, 0.6) is 0 Å². The number of pyridine rings is 1. The number of nitrogens with zero attached hydrogens (tertiary/aromatic N) is 1. The highest BCUT2D eigenvalue weighted by Crippen LogP contribution is 2.41. The van der Waals surface area contributed by atoms with Crippen molar-refractivity contribution in [3.63, 3.8) is 0 Å². The van der Waals surface area contributed by atoms with Crippen LogP contribution >= 0.6 is 7.14 Å². The van der Waals surface area contributed by atoms with Crippen LogP contribution in [0, 0.1) is 0 Å². The molecule has 0 N–H and O–H groups in total. The van der Waals surface area contributed by atoms with Gasteiger partial charge in [-0.25, -0.2) is 4.98 Å². The summed E-state index contributed by atoms with van der Waals surface area (Å²) in [6.07, 6.45) is 0. The number of hydrogen-bond donors (Lipinski definition) is 0. The highest BCUT2D eigenvalue weighted by molar-refractivity contribution is 7.85. The Labute approximate surface area is 153 Å². The molecule has 1 aromatic heterocycles. The Morgan fingerprint density at radius 2 is 1.04 bits per heavy atom. The maximum Gasteiger partial charge on any atom is 0.188 e. The molecule has 0 aliphatic heterocycles. The van der Waals surface area contributed by atoms with Gasteiger partial charge in [-0.3, -0.25) is 0 Å². The predicted molar refractivity (Wildman–Crippen MR) is 109 cm³/mol. The van der Waals surface area contributed by atoms with Gasteiger partial charge in [-0.2, -0.15) is 0 Å². The summed E-state index contributed by atoms with van der Waals surface area (Å²) in [6.45, 7) is 0. The van der Waals surface area contributed by atoms with E-state index in [0.29, 0.717) is 5.44 Å². The quantitative estimate of drug-likeness (QED) is 0.508. The minimum Gasteiger partial charge on any atom is -0.307 e. The first-order valence-corrected chi connectivity index (χ1v) is 10.2. The van der Waals surface area contributed by atoms with Crippen molar-refractivity contribution in [2.75, 3.05) is 0 Å². The van der Waals surface area contributed by atoms with Crippen molar-refractivity contribution in [2.45, 2.75) is 0 Å². The molecule has 0 saturated carbocycles. The zero-order valence-corrected chi connectivity index (χ0v) is 15.1. The summed E-state index contributed by atoms with van der Waals surface area (Å²) in [5.74, 6) is 0. The Balaban J connectivity index is 1.93. The zero-order valence-electron chi connectivity index (χ0n) is 14.2. The second-order valence-corrected chi connectivity index (χ2v) is 8.74. The molecule has 26 heavy (non-hydrogen) atoms. The molecule has 2 nitrogen and oxygen atoms in total. The van der Waals surface area contributed by atoms with Crippen LogP contribution in [0.3, 0.4) is 0 Å². The molecule has 0 aliphatic carbocycles. The molecule has 4 rings (SSSR count). The number of benzene rings is 3. The van der Waals surface area contributed by atoms with E-state index in [1.54, 1.807) is 0 Å². The summed E-state index contributed by atoms with van der Waals surface area (Å²) in [5.41, 5.74) is 2.45. The molecule has 3 heteroatoms. The predicted octanol–water partition coefficient (Wildman–Crippen LogP) is 4.39. The summed E-state index contributed by atoms with van der Waals surface area (Å²) in [6, 6.07) is 35.0. The third-order valence-corrected chi connectivity index (χ3v) is 7.31. The Morgan fingerprint density at radius 1 is 0.538 bits per heavy atom. The molecule has 0 atom stereocenters. The first kappa shape index (κ1) is 16.5. The minimum atomic E-state index is -3.03. The van der Waals surface area contributed by atoms with Gasteiger partial charge in [-0.05, 0) is 12.1 Å². The third kappa shape index (κ3) is 3.00. The Kier molecular flexibility index (Phi) is 4.51. The highest BCUT2D eigenvalue weighted by atomic mass is 31.2. The number of hydrogen-bond acceptors (Lipinski definition) is 2. The molecule has 0 radical (unpaired) electrons. The summed E-state index contributed by atoms with van der Waals surface area (Å²) in [7, 11) is -3.03. The average Bonchev–Trinajstić information content (AvgIpc) is 2.75. The van der Waals surface area contributed by atoms with Gasteiger partial charge in [0, 0.05) is 16.2 Å². The van der Waals surface area contributed by atoms with E-state index in [1.165, 1.54) is 0 Å². The lowest BCUT2D eigenvalue weighted by Gasteiger charge is -2.19. The van der Waals surface area contributed by atoms with Gasteiger partial charge in [0.05, 0.1) is 5.69 Å². The van der Waals surface area contributed by atoms with Crippen LogP contribution in [0.15, 0.2) is 109 Å². The zero-order chi connectivity index (χ0) is 17.8. The SMILES string of the molecule is O=P(c1ccccc1)(c1ccccc1)c1cccc(-c2ccccc2)n1. The number of rotatable bonds is 4. The van der Waals surface area contributed by atoms with E-state index in [2.05, 4.69) is 0 Å². The van der Waals surface area contributed by atoms with E-state index < -0.39 is 7.14 Å². The number of aromatic nitrogens is 1. The lowest BCUT2D eigenvalue weighted by molar-refractivity contribution is 0.592. The minimum absolute atomic E-state index is 0.608. The third-order valence-electron chi connectivity index (χ3n) is 4.37. The van der Waals surface area contributed by atoms with Crippen molar-refractivity contribution >= 4 is 23.2 Å². The van der Waals surface area contributed by atoms with Crippen LogP contribution < -0.4 is 16.0 Å². The molecule has 0 aliphatic rings. The van der Waals surface area contributed by atoms with Crippen LogP contribution in [0.25, 0.3) is 11.3 Å². The summed E-state index contributed by atoms with van der Waals surface area (Å²) in [4.78, 5) is 4.80. The van der Waals surface area contributed by atoms with Crippen LogP contribution in [0.2, 0.25) is 0 Å². The van der Waals surface area contributed by atoms with Gasteiger partial charge in [0.15, 0.2) is 7.14 Å². The van der Waals surface area contributed by atoms with Crippen molar-refractivity contribution in [2.24, 2.45) is 0 Å². The van der Waals surface area contributed by atoms with Crippen LogP contribution in [0.4, 0.5) is 0 Å². The maximum atomic E-state index is 14.3. The average molecular weight is 355 g/mol. The van der Waals surface area contributed by atoms with Gasteiger partial charge in [0.2, 0.25) is 0 Å². The molecule has 126 valence electrons. The first-order chi connectivity index (χ1) is 12.8. The van der Waals surface area contributed by atoms with Gasteiger partial charge >= 0.3 is 0 Å². The topological polar surface area (TPSA) is 30.0 Å². The molecule has 0 saturated heterocycles. The van der Waals surface area contributed by atoms with E-state index in [-0.39, 0.29) is 0 Å². The lowest BCUT2D eigenvalue weighted by atomic mass is 10.1. The smallest absolute Gasteiger partial charge is 0.188 e. The van der Waals surface area contributed by atoms with Crippen molar-refractivity contribution in [3.8, 4) is 11.3 Å². The molecule has 0 fully saturated rings. The van der Waals surface area contributed by atoms with Crippen LogP contribution in [-0.4, -0.2) is 4.98 Å². The molecule has 4 aromatic rings. The fraction of sp³-hybridized carbons (Fsp3) is 0. The Hall–Kier alpha value is -2.96. The van der Waals surface area contributed by atoms with Gasteiger partial charge in [0.1, 0.15) is 5.44 Å². The molecular weight excluding hydrogens is 337 g/mol. The van der Waals surface area contributed by atoms with E-state index >= 15 is 0 Å². The molecule has 0 unspecified atom stereocenters. The van der Waals surface area contributed by atoms with Crippen molar-refractivity contribution in [1.82, 2.24) is 4.98 Å². The molecule has 0 amide bonds. The largest absolute Gasteiger partial charge is 0.307 e. The second-order valence-electron chi connectivity index (χ2n) is 6.03. The Bertz CT molecular complexity index is 1000. The van der Waals surface area contributed by atoms with Gasteiger partial charge in [-0.15, -0.1) is 0 Å². The van der Waals surface area contributed by atoms with Crippen molar-refractivity contribution in [3.05, 3.63) is 109 Å². The molecular formula is C23H18NOP. The first-order valence-electron chi connectivity index (χ1n) is 8.53.